The standard InChI is InChI=1S/C19H21N5O/c1-14-5-4-8-21-18(14)12-22-19(25)23-15(2)16-6-3-7-17(11-16)24-10-9-20-13-24/h3-11,13,15H,12H2,1-2H3,(H2,22,23,25)/t15-/m1/s1. The number of hydrogen-bond donors (Lipinski definition) is 2. The molecule has 0 unspecified atom stereocenters. The van der Waals surface area contributed by atoms with Crippen LogP contribution in [0.4, 0.5) is 4.79 Å². The summed E-state index contributed by atoms with van der Waals surface area (Å²) in [7, 11) is 0. The average molecular weight is 335 g/mol. The van der Waals surface area contributed by atoms with E-state index in [1.54, 1.807) is 18.7 Å². The largest absolute Gasteiger partial charge is 0.332 e. The highest BCUT2D eigenvalue weighted by molar-refractivity contribution is 5.74. The van der Waals surface area contributed by atoms with Gasteiger partial charge in [-0.1, -0.05) is 18.2 Å². The fourth-order valence-corrected chi connectivity index (χ4v) is 2.57. The molecule has 2 N–H and O–H groups in total. The predicted octanol–water partition coefficient (Wildman–Crippen LogP) is 3.14. The Morgan fingerprint density at radius 2 is 2.12 bits per heavy atom. The molecule has 0 aliphatic heterocycles. The van der Waals surface area contributed by atoms with Crippen molar-refractivity contribution >= 4 is 6.03 Å². The van der Waals surface area contributed by atoms with Crippen LogP contribution in [0.15, 0.2) is 61.3 Å². The van der Waals surface area contributed by atoms with E-state index in [4.69, 9.17) is 0 Å². The van der Waals surface area contributed by atoms with Crippen molar-refractivity contribution < 1.29 is 4.79 Å². The average Bonchev–Trinajstić information content (AvgIpc) is 3.16. The highest BCUT2D eigenvalue weighted by Gasteiger charge is 2.10. The molecule has 0 saturated carbocycles. The van der Waals surface area contributed by atoms with E-state index < -0.39 is 0 Å². The summed E-state index contributed by atoms with van der Waals surface area (Å²) in [6, 6.07) is 11.5. The Kier molecular flexibility index (Phi) is 5.09. The van der Waals surface area contributed by atoms with Crippen LogP contribution in [-0.4, -0.2) is 20.6 Å². The number of aromatic nitrogens is 3. The van der Waals surface area contributed by atoms with Crippen molar-refractivity contribution in [2.24, 2.45) is 0 Å². The first-order valence-electron chi connectivity index (χ1n) is 8.16. The second kappa shape index (κ2) is 7.61. The molecule has 128 valence electrons. The third-order valence-corrected chi connectivity index (χ3v) is 4.05. The summed E-state index contributed by atoms with van der Waals surface area (Å²) in [5.74, 6) is 0. The van der Waals surface area contributed by atoms with Gasteiger partial charge in [0.15, 0.2) is 0 Å². The molecule has 6 nitrogen and oxygen atoms in total. The van der Waals surface area contributed by atoms with E-state index in [1.165, 1.54) is 0 Å². The number of imidazole rings is 1. The summed E-state index contributed by atoms with van der Waals surface area (Å²) in [6.07, 6.45) is 7.10. The zero-order valence-corrected chi connectivity index (χ0v) is 14.3. The van der Waals surface area contributed by atoms with E-state index in [0.717, 1.165) is 22.5 Å². The minimum Gasteiger partial charge on any atom is -0.332 e. The number of hydrogen-bond acceptors (Lipinski definition) is 3. The van der Waals surface area contributed by atoms with Crippen LogP contribution < -0.4 is 10.6 Å². The van der Waals surface area contributed by atoms with Crippen LogP contribution in [0.5, 0.6) is 0 Å². The van der Waals surface area contributed by atoms with Crippen molar-refractivity contribution in [3.63, 3.8) is 0 Å². The van der Waals surface area contributed by atoms with Gasteiger partial charge in [-0.25, -0.2) is 9.78 Å². The first kappa shape index (κ1) is 16.7. The Labute approximate surface area is 146 Å². The molecule has 1 atom stereocenters. The maximum absolute atomic E-state index is 12.2. The minimum absolute atomic E-state index is 0.117. The molecule has 3 aromatic rings. The van der Waals surface area contributed by atoms with Crippen molar-refractivity contribution in [3.05, 3.63) is 78.1 Å². The number of pyridine rings is 1. The van der Waals surface area contributed by atoms with Crippen LogP contribution in [-0.2, 0) is 6.54 Å². The van der Waals surface area contributed by atoms with Gasteiger partial charge in [-0.15, -0.1) is 0 Å². The Hall–Kier alpha value is -3.15. The van der Waals surface area contributed by atoms with Gasteiger partial charge < -0.3 is 15.2 Å². The summed E-state index contributed by atoms with van der Waals surface area (Å²) < 4.78 is 1.93. The maximum Gasteiger partial charge on any atom is 0.315 e. The van der Waals surface area contributed by atoms with Gasteiger partial charge >= 0.3 is 6.03 Å². The topological polar surface area (TPSA) is 71.8 Å². The summed E-state index contributed by atoms with van der Waals surface area (Å²) >= 11 is 0. The van der Waals surface area contributed by atoms with Crippen LogP contribution in [0.1, 0.15) is 29.8 Å². The number of carbonyl (C=O) groups is 1. The first-order chi connectivity index (χ1) is 12.1. The highest BCUT2D eigenvalue weighted by Crippen LogP contribution is 2.16. The van der Waals surface area contributed by atoms with Crippen molar-refractivity contribution in [3.8, 4) is 5.69 Å². The third-order valence-electron chi connectivity index (χ3n) is 4.05. The van der Waals surface area contributed by atoms with Gasteiger partial charge in [-0.05, 0) is 43.2 Å². The summed E-state index contributed by atoms with van der Waals surface area (Å²) in [4.78, 5) is 20.5. The Morgan fingerprint density at radius 3 is 2.88 bits per heavy atom. The molecule has 0 bridgehead atoms. The summed E-state index contributed by atoms with van der Waals surface area (Å²) in [5, 5.41) is 5.81. The predicted molar refractivity (Wildman–Crippen MR) is 96.3 cm³/mol. The van der Waals surface area contributed by atoms with Gasteiger partial charge in [0.2, 0.25) is 0 Å². The lowest BCUT2D eigenvalue weighted by atomic mass is 10.1. The maximum atomic E-state index is 12.2. The molecular formula is C19H21N5O. The number of nitrogens with zero attached hydrogens (tertiary/aromatic N) is 3. The van der Waals surface area contributed by atoms with Crippen LogP contribution in [0.3, 0.4) is 0 Å². The number of amides is 2. The normalized spacial score (nSPS) is 11.8. The lowest BCUT2D eigenvalue weighted by molar-refractivity contribution is 0.237. The lowest BCUT2D eigenvalue weighted by Gasteiger charge is -2.16. The van der Waals surface area contributed by atoms with Gasteiger partial charge in [-0.3, -0.25) is 4.98 Å². The first-order valence-corrected chi connectivity index (χ1v) is 8.16. The highest BCUT2D eigenvalue weighted by atomic mass is 16.2. The van der Waals surface area contributed by atoms with E-state index in [9.17, 15) is 4.79 Å². The second-order valence-corrected chi connectivity index (χ2v) is 5.88. The molecule has 2 aromatic heterocycles. The second-order valence-electron chi connectivity index (χ2n) is 5.88. The number of benzene rings is 1. The van der Waals surface area contributed by atoms with Crippen molar-refractivity contribution in [1.82, 2.24) is 25.2 Å². The van der Waals surface area contributed by atoms with E-state index in [1.807, 2.05) is 61.0 Å². The molecule has 0 fully saturated rings. The number of urea groups is 1. The van der Waals surface area contributed by atoms with E-state index in [0.29, 0.717) is 6.54 Å². The molecular weight excluding hydrogens is 314 g/mol. The number of carbonyl (C=O) groups excluding carboxylic acids is 1. The molecule has 2 heterocycles. The molecule has 25 heavy (non-hydrogen) atoms. The summed E-state index contributed by atoms with van der Waals surface area (Å²) in [6.45, 7) is 4.34. The molecule has 6 heteroatoms. The molecule has 0 saturated heterocycles. The Balaban J connectivity index is 1.60. The molecule has 0 aliphatic rings. The molecule has 0 radical (unpaired) electrons. The van der Waals surface area contributed by atoms with Gasteiger partial charge in [0, 0.05) is 24.3 Å². The van der Waals surface area contributed by atoms with Crippen molar-refractivity contribution in [1.29, 1.82) is 0 Å². The lowest BCUT2D eigenvalue weighted by Crippen LogP contribution is -2.37. The van der Waals surface area contributed by atoms with Crippen molar-refractivity contribution in [2.45, 2.75) is 26.4 Å². The van der Waals surface area contributed by atoms with Gasteiger partial charge in [-0.2, -0.15) is 0 Å². The van der Waals surface area contributed by atoms with E-state index in [-0.39, 0.29) is 12.1 Å². The van der Waals surface area contributed by atoms with Gasteiger partial charge in [0.25, 0.3) is 0 Å². The zero-order chi connectivity index (χ0) is 17.6. The van der Waals surface area contributed by atoms with Crippen LogP contribution in [0, 0.1) is 6.92 Å². The number of rotatable bonds is 5. The Bertz CT molecular complexity index is 845. The number of aryl methyl sites for hydroxylation is 1. The fraction of sp³-hybridized carbons (Fsp3) is 0.211. The molecule has 0 spiro atoms. The van der Waals surface area contributed by atoms with E-state index in [2.05, 4.69) is 20.6 Å². The summed E-state index contributed by atoms with van der Waals surface area (Å²) in [5.41, 5.74) is 3.96. The monoisotopic (exact) mass is 335 g/mol. The van der Waals surface area contributed by atoms with Crippen LogP contribution in [0.2, 0.25) is 0 Å². The van der Waals surface area contributed by atoms with Gasteiger partial charge in [0.05, 0.1) is 24.6 Å². The fourth-order valence-electron chi connectivity index (χ4n) is 2.57. The molecule has 0 aliphatic carbocycles. The molecule has 3 rings (SSSR count). The molecule has 2 amide bonds. The van der Waals surface area contributed by atoms with E-state index >= 15 is 0 Å². The minimum atomic E-state index is -0.217. The zero-order valence-electron chi connectivity index (χ0n) is 14.3. The van der Waals surface area contributed by atoms with Crippen LogP contribution in [0.25, 0.3) is 5.69 Å². The quantitative estimate of drug-likeness (QED) is 0.752. The van der Waals surface area contributed by atoms with Crippen molar-refractivity contribution in [2.75, 3.05) is 0 Å². The smallest absolute Gasteiger partial charge is 0.315 e. The Morgan fingerprint density at radius 1 is 1.24 bits per heavy atom. The molecule has 1 aromatic carbocycles. The van der Waals surface area contributed by atoms with Gasteiger partial charge in [0.1, 0.15) is 0 Å². The third kappa shape index (κ3) is 4.23. The van der Waals surface area contributed by atoms with Crippen LogP contribution >= 0.6 is 0 Å². The number of nitrogens with one attached hydrogen (secondary N) is 2. The SMILES string of the molecule is Cc1cccnc1CNC(=O)N[C@H](C)c1cccc(-n2ccnc2)c1.